The lowest BCUT2D eigenvalue weighted by Gasteiger charge is -2.34. The Bertz CT molecular complexity index is 2130. The lowest BCUT2D eigenvalue weighted by molar-refractivity contribution is -0.186. The Hall–Kier alpha value is -5.01. The summed E-state index contributed by atoms with van der Waals surface area (Å²) in [5.74, 6) is -2.31. The maximum absolute atomic E-state index is 15.3. The predicted molar refractivity (Wildman–Crippen MR) is 202 cm³/mol. The number of benzene rings is 3. The Morgan fingerprint density at radius 2 is 1.48 bits per heavy atom. The minimum Gasteiger partial charge on any atom is -0.452 e. The molecule has 2 aromatic heterocycles. The molecule has 0 saturated carbocycles. The first kappa shape index (κ1) is 42.1. The number of sulfonamides is 1. The summed E-state index contributed by atoms with van der Waals surface area (Å²) < 4.78 is 80.2. The molecule has 2 amide bonds. The summed E-state index contributed by atoms with van der Waals surface area (Å²) in [6.07, 6.45) is -5.31. The summed E-state index contributed by atoms with van der Waals surface area (Å²) in [5.41, 5.74) is 7.62. The third-order valence-corrected chi connectivity index (χ3v) is 12.2. The normalized spacial score (nSPS) is 14.1. The molecule has 0 fully saturated rings. The number of alkyl halides is 3. The van der Waals surface area contributed by atoms with E-state index >= 15 is 13.2 Å². The molecule has 56 heavy (non-hydrogen) atoms. The predicted octanol–water partition coefficient (Wildman–Crippen LogP) is 6.24. The van der Waals surface area contributed by atoms with Gasteiger partial charge >= 0.3 is 12.3 Å². The molecule has 0 radical (unpaired) electrons. The van der Waals surface area contributed by atoms with Crippen molar-refractivity contribution in [2.24, 2.45) is 11.1 Å². The summed E-state index contributed by atoms with van der Waals surface area (Å²) in [5, 5.41) is 22.1. The third-order valence-electron chi connectivity index (χ3n) is 9.01. The van der Waals surface area contributed by atoms with Gasteiger partial charge in [0.15, 0.2) is 12.4 Å². The molecule has 0 spiro atoms. The van der Waals surface area contributed by atoms with E-state index in [-0.39, 0.29) is 26.6 Å². The van der Waals surface area contributed by atoms with Crippen molar-refractivity contribution in [3.63, 3.8) is 0 Å². The van der Waals surface area contributed by atoms with Gasteiger partial charge < -0.3 is 15.6 Å². The number of hydrogen-bond acceptors (Lipinski definition) is 11. The number of ether oxygens (including phenoxy) is 1. The highest BCUT2D eigenvalue weighted by atomic mass is 32.2. The molecule has 0 unspecified atom stereocenters. The lowest BCUT2D eigenvalue weighted by atomic mass is 9.84. The van der Waals surface area contributed by atoms with Crippen molar-refractivity contribution in [1.29, 1.82) is 0 Å². The van der Waals surface area contributed by atoms with Crippen LogP contribution in [-0.2, 0) is 19.6 Å². The van der Waals surface area contributed by atoms with E-state index in [2.05, 4.69) is 15.4 Å². The van der Waals surface area contributed by atoms with Gasteiger partial charge in [-0.1, -0.05) is 81.4 Å². The number of nitrogens with zero attached hydrogens (tertiary/aromatic N) is 6. The van der Waals surface area contributed by atoms with Crippen LogP contribution >= 0.6 is 11.3 Å². The van der Waals surface area contributed by atoms with Crippen LogP contribution in [0.15, 0.2) is 108 Å². The van der Waals surface area contributed by atoms with Crippen LogP contribution in [0.3, 0.4) is 0 Å². The first-order chi connectivity index (χ1) is 26.5. The fourth-order valence-corrected chi connectivity index (χ4v) is 9.06. The molecule has 2 heterocycles. The Kier molecular flexibility index (Phi) is 13.1. The molecule has 0 saturated heterocycles. The van der Waals surface area contributed by atoms with Crippen LogP contribution in [0.5, 0.6) is 0 Å². The second-order valence-corrected chi connectivity index (χ2v) is 17.1. The van der Waals surface area contributed by atoms with Crippen molar-refractivity contribution >= 4 is 33.4 Å². The minimum absolute atomic E-state index is 0.0330. The average Bonchev–Trinajstić information content (AvgIpc) is 3.88. The van der Waals surface area contributed by atoms with Crippen LogP contribution in [0.1, 0.15) is 66.1 Å². The number of hydrogen-bond donors (Lipinski definition) is 2. The Morgan fingerprint density at radius 1 is 0.911 bits per heavy atom. The summed E-state index contributed by atoms with van der Waals surface area (Å²) in [7, 11) is -3.54. The van der Waals surface area contributed by atoms with Gasteiger partial charge in [0, 0.05) is 22.2 Å². The molecule has 3 aromatic carbocycles. The zero-order valence-corrected chi connectivity index (χ0v) is 32.6. The summed E-state index contributed by atoms with van der Waals surface area (Å²) in [4.78, 5) is 28.0. The van der Waals surface area contributed by atoms with E-state index in [4.69, 9.17) is 10.5 Å². The number of amides is 2. The molecular formula is C38H42F3N7O6S2. The largest absolute Gasteiger partial charge is 0.452 e. The minimum atomic E-state index is -5.24. The number of carbonyl (C=O) groups is 2. The van der Waals surface area contributed by atoms with Crippen LogP contribution in [0.2, 0.25) is 0 Å². The highest BCUT2D eigenvalue weighted by Gasteiger charge is 2.52. The summed E-state index contributed by atoms with van der Waals surface area (Å²) in [6.45, 7) is 4.77. The quantitative estimate of drug-likeness (QED) is 0.131. The van der Waals surface area contributed by atoms with Crippen LogP contribution in [0.4, 0.5) is 18.0 Å². The van der Waals surface area contributed by atoms with Crippen molar-refractivity contribution in [2.45, 2.75) is 62.3 Å². The van der Waals surface area contributed by atoms with Crippen LogP contribution in [-0.4, -0.2) is 87.4 Å². The molecule has 13 nitrogen and oxygen atoms in total. The van der Waals surface area contributed by atoms with Crippen molar-refractivity contribution in [1.82, 2.24) is 29.4 Å². The van der Waals surface area contributed by atoms with Crippen molar-refractivity contribution in [2.75, 3.05) is 20.3 Å². The van der Waals surface area contributed by atoms with Crippen LogP contribution in [0, 0.1) is 5.41 Å². The van der Waals surface area contributed by atoms with E-state index < -0.39 is 63.7 Å². The van der Waals surface area contributed by atoms with Gasteiger partial charge in [-0.3, -0.25) is 4.79 Å². The van der Waals surface area contributed by atoms with E-state index in [1.807, 2.05) is 20.8 Å². The number of aromatic nitrogens is 4. The van der Waals surface area contributed by atoms with Gasteiger partial charge in [-0.15, -0.1) is 26.3 Å². The molecule has 298 valence electrons. The van der Waals surface area contributed by atoms with Crippen molar-refractivity contribution in [3.8, 4) is 5.69 Å². The fourth-order valence-electron chi connectivity index (χ4n) is 6.17. The Labute approximate surface area is 326 Å². The second kappa shape index (κ2) is 17.4. The van der Waals surface area contributed by atoms with Gasteiger partial charge in [-0.25, -0.2) is 18.1 Å². The van der Waals surface area contributed by atoms with Crippen LogP contribution < -0.4 is 5.73 Å². The van der Waals surface area contributed by atoms with Gasteiger partial charge in [0.2, 0.25) is 10.0 Å². The number of rotatable bonds is 14. The van der Waals surface area contributed by atoms with E-state index in [1.165, 1.54) is 41.5 Å². The molecule has 5 rings (SSSR count). The highest BCUT2D eigenvalue weighted by Crippen LogP contribution is 2.44. The van der Waals surface area contributed by atoms with Gasteiger partial charge in [-0.2, -0.15) is 17.5 Å². The number of tetrazole rings is 1. The van der Waals surface area contributed by atoms with Crippen molar-refractivity contribution in [3.05, 3.63) is 124 Å². The zero-order chi connectivity index (χ0) is 40.8. The highest BCUT2D eigenvalue weighted by molar-refractivity contribution is 7.89. The Balaban J connectivity index is 1.55. The zero-order valence-electron chi connectivity index (χ0n) is 30.9. The first-order valence-electron chi connectivity index (χ1n) is 17.4. The molecule has 3 N–H and O–H groups in total. The monoisotopic (exact) mass is 813 g/mol. The second-order valence-electron chi connectivity index (χ2n) is 14.0. The number of aliphatic hydroxyl groups is 1. The molecule has 0 aliphatic rings. The van der Waals surface area contributed by atoms with Gasteiger partial charge in [0.25, 0.3) is 5.91 Å². The van der Waals surface area contributed by atoms with E-state index in [9.17, 15) is 23.1 Å². The molecular weight excluding hydrogens is 772 g/mol. The molecule has 0 aliphatic heterocycles. The fraction of sp³-hybridized carbons (Fsp3) is 0.342. The molecule has 0 bridgehead atoms. The maximum Gasteiger partial charge on any atom is 0.417 e. The maximum atomic E-state index is 15.3. The van der Waals surface area contributed by atoms with Gasteiger partial charge in [-0.05, 0) is 64.6 Å². The molecule has 3 atom stereocenters. The smallest absolute Gasteiger partial charge is 0.417 e. The Morgan fingerprint density at radius 3 is 1.96 bits per heavy atom. The van der Waals surface area contributed by atoms with E-state index in [0.29, 0.717) is 34.6 Å². The third kappa shape index (κ3) is 9.50. The van der Waals surface area contributed by atoms with Crippen molar-refractivity contribution < 1.29 is 41.0 Å². The number of imide groups is 1. The SMILES string of the molecule is COC(=O)N(C(=O)[C@@H](N)C(c1ccccc1)c1ccccc1)[C@H](c1ccc([C@@H](CO)N(CCC(C)(C)C)S(=O)(=O)c2ccc(-n3ncnn3)cc2)s1)C(F)(F)F. The molecule has 5 aromatic rings. The van der Waals surface area contributed by atoms with E-state index in [0.717, 1.165) is 17.5 Å². The van der Waals surface area contributed by atoms with Gasteiger partial charge in [0.05, 0.1) is 36.4 Å². The number of methoxy groups -OCH3 is 1. The average molecular weight is 814 g/mol. The number of carbonyl (C=O) groups excluding carboxylic acids is 2. The standard InChI is InChI=1S/C38H42F3N7O6S2/c1-37(2,3)21-22-46(56(52,53)28-17-15-27(16-18-28)48-44-24-43-45-48)29(23-49)30-19-20-31(55-30)34(38(39,40)41)47(36(51)54-4)35(50)33(42)32(25-11-7-5-8-12-25)26-13-9-6-10-14-26/h5-20,24,29,32-34,49H,21-23,42H2,1-4H3/t29-,33+,34-/m1/s1. The summed E-state index contributed by atoms with van der Waals surface area (Å²) >= 11 is 0.505. The number of aliphatic hydroxyl groups excluding tert-OH is 1. The van der Waals surface area contributed by atoms with Gasteiger partial charge in [0.1, 0.15) is 0 Å². The first-order valence-corrected chi connectivity index (χ1v) is 19.6. The lowest BCUT2D eigenvalue weighted by Crippen LogP contribution is -2.53. The topological polar surface area (TPSA) is 174 Å². The number of halogens is 3. The number of thiophene rings is 1. The summed E-state index contributed by atoms with van der Waals surface area (Å²) in [6, 6.07) is 18.9. The molecule has 0 aliphatic carbocycles. The molecule has 18 heteroatoms. The van der Waals surface area contributed by atoms with Crippen LogP contribution in [0.25, 0.3) is 5.69 Å². The number of nitrogens with two attached hydrogens (primary N) is 1. The van der Waals surface area contributed by atoms with E-state index in [1.54, 1.807) is 60.7 Å².